The van der Waals surface area contributed by atoms with E-state index in [1.54, 1.807) is 6.92 Å². The van der Waals surface area contributed by atoms with Crippen molar-refractivity contribution in [2.75, 3.05) is 14.2 Å². The molecule has 6 nitrogen and oxygen atoms in total. The van der Waals surface area contributed by atoms with Crippen molar-refractivity contribution in [1.29, 1.82) is 0 Å². The molecule has 0 spiro atoms. The highest BCUT2D eigenvalue weighted by Gasteiger charge is 2.49. The van der Waals surface area contributed by atoms with Gasteiger partial charge in [-0.2, -0.15) is 0 Å². The largest absolute Gasteiger partial charge is 0.440 e. The average molecular weight is 233 g/mol. The number of hydrogen-bond donors (Lipinski definition) is 1. The van der Waals surface area contributed by atoms with Crippen LogP contribution in [0, 0.1) is 0 Å². The molecule has 0 aromatic heterocycles. The van der Waals surface area contributed by atoms with Crippen LogP contribution in [0.5, 0.6) is 0 Å². The topological polar surface area (TPSA) is 80.0 Å². The van der Waals surface area contributed by atoms with E-state index in [1.807, 2.05) is 6.92 Å². The molecule has 0 aromatic rings. The first kappa shape index (κ1) is 13.2. The lowest BCUT2D eigenvalue weighted by Crippen LogP contribution is -2.59. The SMILES string of the molecule is CO[C@@H]1O[C@@H](C)C[C@@](C)(OC(N)=O)[C@H]1OC. The Morgan fingerprint density at radius 3 is 2.50 bits per heavy atom. The number of hydrogen-bond acceptors (Lipinski definition) is 5. The van der Waals surface area contributed by atoms with Gasteiger partial charge in [-0.25, -0.2) is 4.79 Å². The Labute approximate surface area is 95.0 Å². The van der Waals surface area contributed by atoms with Crippen molar-refractivity contribution < 1.29 is 23.7 Å². The second kappa shape index (κ2) is 4.99. The van der Waals surface area contributed by atoms with Crippen molar-refractivity contribution in [2.24, 2.45) is 5.73 Å². The number of carbonyl (C=O) groups is 1. The normalized spacial score (nSPS) is 39.4. The number of rotatable bonds is 3. The zero-order valence-electron chi connectivity index (χ0n) is 10.1. The highest BCUT2D eigenvalue weighted by Crippen LogP contribution is 2.34. The second-order valence-electron chi connectivity index (χ2n) is 4.14. The summed E-state index contributed by atoms with van der Waals surface area (Å²) in [6, 6.07) is 0. The lowest BCUT2D eigenvalue weighted by atomic mass is 9.89. The summed E-state index contributed by atoms with van der Waals surface area (Å²) < 4.78 is 21.1. The number of amides is 1. The Bertz CT molecular complexity index is 260. The van der Waals surface area contributed by atoms with Gasteiger partial charge >= 0.3 is 6.09 Å². The summed E-state index contributed by atoms with van der Waals surface area (Å²) in [6.07, 6.45) is -1.48. The fraction of sp³-hybridized carbons (Fsp3) is 0.900. The molecule has 0 aromatic carbocycles. The summed E-state index contributed by atoms with van der Waals surface area (Å²) in [6.45, 7) is 3.64. The molecular weight excluding hydrogens is 214 g/mol. The first-order chi connectivity index (χ1) is 7.42. The Morgan fingerprint density at radius 2 is 2.06 bits per heavy atom. The fourth-order valence-corrected chi connectivity index (χ4v) is 2.19. The molecule has 1 aliphatic heterocycles. The lowest BCUT2D eigenvalue weighted by Gasteiger charge is -2.45. The van der Waals surface area contributed by atoms with Crippen molar-refractivity contribution in [3.63, 3.8) is 0 Å². The molecule has 1 amide bonds. The zero-order chi connectivity index (χ0) is 12.3. The minimum Gasteiger partial charge on any atom is -0.440 e. The number of carbonyl (C=O) groups excluding carboxylic acids is 1. The molecule has 1 fully saturated rings. The third-order valence-corrected chi connectivity index (χ3v) is 2.73. The van der Waals surface area contributed by atoms with Gasteiger partial charge in [-0.1, -0.05) is 0 Å². The molecule has 1 heterocycles. The van der Waals surface area contributed by atoms with Gasteiger partial charge in [0, 0.05) is 20.6 Å². The molecule has 16 heavy (non-hydrogen) atoms. The van der Waals surface area contributed by atoms with E-state index < -0.39 is 24.1 Å². The number of nitrogens with two attached hydrogens (primary N) is 1. The summed E-state index contributed by atoms with van der Waals surface area (Å²) in [5.74, 6) is 0. The van der Waals surface area contributed by atoms with Crippen molar-refractivity contribution in [3.05, 3.63) is 0 Å². The van der Waals surface area contributed by atoms with Crippen molar-refractivity contribution in [2.45, 2.75) is 44.4 Å². The monoisotopic (exact) mass is 233 g/mol. The molecule has 0 aliphatic carbocycles. The van der Waals surface area contributed by atoms with Gasteiger partial charge in [-0.15, -0.1) is 0 Å². The van der Waals surface area contributed by atoms with Crippen molar-refractivity contribution in [3.8, 4) is 0 Å². The summed E-state index contributed by atoms with van der Waals surface area (Å²) in [4.78, 5) is 10.9. The first-order valence-corrected chi connectivity index (χ1v) is 5.12. The van der Waals surface area contributed by atoms with Gasteiger partial charge in [-0.05, 0) is 13.8 Å². The van der Waals surface area contributed by atoms with E-state index >= 15 is 0 Å². The zero-order valence-corrected chi connectivity index (χ0v) is 10.1. The van der Waals surface area contributed by atoms with Gasteiger partial charge in [0.1, 0.15) is 11.7 Å². The minimum atomic E-state index is -0.834. The maximum absolute atomic E-state index is 10.9. The van der Waals surface area contributed by atoms with Crippen LogP contribution in [-0.4, -0.2) is 44.4 Å². The first-order valence-electron chi connectivity index (χ1n) is 5.12. The Morgan fingerprint density at radius 1 is 1.44 bits per heavy atom. The summed E-state index contributed by atoms with van der Waals surface area (Å²) in [5, 5.41) is 0. The van der Waals surface area contributed by atoms with E-state index in [-0.39, 0.29) is 6.10 Å². The predicted octanol–water partition coefficient (Wildman–Crippen LogP) is 0.637. The van der Waals surface area contributed by atoms with E-state index in [1.165, 1.54) is 14.2 Å². The molecule has 0 saturated carbocycles. The predicted molar refractivity (Wildman–Crippen MR) is 55.8 cm³/mol. The molecule has 0 bridgehead atoms. The molecule has 1 rings (SSSR count). The van der Waals surface area contributed by atoms with Crippen LogP contribution in [0.4, 0.5) is 4.79 Å². The van der Waals surface area contributed by atoms with Gasteiger partial charge < -0.3 is 24.7 Å². The van der Waals surface area contributed by atoms with Crippen LogP contribution in [-0.2, 0) is 18.9 Å². The van der Waals surface area contributed by atoms with E-state index in [2.05, 4.69) is 0 Å². The second-order valence-corrected chi connectivity index (χ2v) is 4.14. The van der Waals surface area contributed by atoms with Gasteiger partial charge in [0.15, 0.2) is 6.29 Å². The number of primary amides is 1. The molecule has 94 valence electrons. The van der Waals surface area contributed by atoms with Crippen LogP contribution in [0.1, 0.15) is 20.3 Å². The van der Waals surface area contributed by atoms with Gasteiger partial charge in [-0.3, -0.25) is 0 Å². The van der Waals surface area contributed by atoms with Gasteiger partial charge in [0.05, 0.1) is 6.10 Å². The maximum Gasteiger partial charge on any atom is 0.405 e. The smallest absolute Gasteiger partial charge is 0.405 e. The molecule has 1 saturated heterocycles. The standard InChI is InChI=1S/C10H19NO5/c1-6-5-10(2,16-9(11)12)7(13-3)8(14-4)15-6/h6-8H,5H2,1-4H3,(H2,11,12)/t6-,7-,8+,10+/m0/s1. The van der Waals surface area contributed by atoms with E-state index in [0.717, 1.165) is 0 Å². The van der Waals surface area contributed by atoms with Crippen LogP contribution >= 0.6 is 0 Å². The van der Waals surface area contributed by atoms with Crippen LogP contribution in [0.25, 0.3) is 0 Å². The lowest BCUT2D eigenvalue weighted by molar-refractivity contribution is -0.284. The van der Waals surface area contributed by atoms with Crippen LogP contribution in [0.15, 0.2) is 0 Å². The highest BCUT2D eigenvalue weighted by molar-refractivity contribution is 5.65. The van der Waals surface area contributed by atoms with Crippen molar-refractivity contribution >= 4 is 6.09 Å². The van der Waals surface area contributed by atoms with Crippen LogP contribution in [0.3, 0.4) is 0 Å². The third-order valence-electron chi connectivity index (χ3n) is 2.73. The molecule has 1 aliphatic rings. The molecule has 4 atom stereocenters. The van der Waals surface area contributed by atoms with E-state index in [9.17, 15) is 4.79 Å². The molecule has 6 heteroatoms. The maximum atomic E-state index is 10.9. The summed E-state index contributed by atoms with van der Waals surface area (Å²) in [5.41, 5.74) is 4.23. The molecule has 2 N–H and O–H groups in total. The molecule has 0 unspecified atom stereocenters. The van der Waals surface area contributed by atoms with Crippen LogP contribution < -0.4 is 5.73 Å². The summed E-state index contributed by atoms with van der Waals surface area (Å²) in [7, 11) is 3.03. The minimum absolute atomic E-state index is 0.0966. The molecular formula is C10H19NO5. The highest BCUT2D eigenvalue weighted by atomic mass is 16.7. The quantitative estimate of drug-likeness (QED) is 0.773. The average Bonchev–Trinajstić information content (AvgIpc) is 2.14. The van der Waals surface area contributed by atoms with E-state index in [4.69, 9.17) is 24.7 Å². The number of ether oxygens (including phenoxy) is 4. The third kappa shape index (κ3) is 2.63. The Balaban J connectivity index is 2.88. The van der Waals surface area contributed by atoms with Crippen LogP contribution in [0.2, 0.25) is 0 Å². The Hall–Kier alpha value is -0.850. The summed E-state index contributed by atoms with van der Waals surface area (Å²) >= 11 is 0. The van der Waals surface area contributed by atoms with Gasteiger partial charge in [0.2, 0.25) is 0 Å². The molecule has 0 radical (unpaired) electrons. The Kier molecular flexibility index (Phi) is 4.12. The van der Waals surface area contributed by atoms with Crippen molar-refractivity contribution in [1.82, 2.24) is 0 Å². The fourth-order valence-electron chi connectivity index (χ4n) is 2.19. The van der Waals surface area contributed by atoms with Gasteiger partial charge in [0.25, 0.3) is 0 Å². The number of methoxy groups -OCH3 is 2. The van der Waals surface area contributed by atoms with E-state index in [0.29, 0.717) is 6.42 Å².